The van der Waals surface area contributed by atoms with Crippen LogP contribution in [-0.2, 0) is 6.61 Å². The normalized spacial score (nSPS) is 10.1. The Morgan fingerprint density at radius 3 is 2.62 bits per heavy atom. The van der Waals surface area contributed by atoms with Gasteiger partial charge in [0.2, 0.25) is 0 Å². The monoisotopic (exact) mass is 278 g/mol. The minimum absolute atomic E-state index is 0.496. The molecular formula is C12H11BrN2O. The van der Waals surface area contributed by atoms with E-state index in [1.807, 2.05) is 30.3 Å². The molecule has 82 valence electrons. The molecule has 0 aliphatic heterocycles. The number of nitrogen functional groups attached to an aromatic ring is 1. The van der Waals surface area contributed by atoms with E-state index in [0.717, 1.165) is 21.5 Å². The second kappa shape index (κ2) is 4.99. The van der Waals surface area contributed by atoms with Crippen LogP contribution in [0.25, 0.3) is 0 Å². The highest BCUT2D eigenvalue weighted by Crippen LogP contribution is 2.16. The summed E-state index contributed by atoms with van der Waals surface area (Å²) in [6.45, 7) is 0.496. The second-order valence-corrected chi connectivity index (χ2v) is 4.28. The number of anilines is 1. The van der Waals surface area contributed by atoms with E-state index in [1.165, 1.54) is 0 Å². The first kappa shape index (κ1) is 11.0. The molecule has 1 heterocycles. The highest BCUT2D eigenvalue weighted by Gasteiger charge is 1.97. The van der Waals surface area contributed by atoms with Crippen molar-refractivity contribution in [3.63, 3.8) is 0 Å². The lowest BCUT2D eigenvalue weighted by atomic mass is 10.3. The molecule has 0 aliphatic rings. The zero-order valence-electron chi connectivity index (χ0n) is 8.56. The molecule has 2 N–H and O–H groups in total. The molecule has 0 amide bonds. The number of hydrogen-bond donors (Lipinski definition) is 1. The Hall–Kier alpha value is -1.55. The third kappa shape index (κ3) is 2.97. The molecule has 0 unspecified atom stereocenters. The molecule has 0 fully saturated rings. The summed E-state index contributed by atoms with van der Waals surface area (Å²) in [5.74, 6) is 0.800. The van der Waals surface area contributed by atoms with Crippen molar-refractivity contribution in [1.29, 1.82) is 0 Å². The van der Waals surface area contributed by atoms with Gasteiger partial charge in [-0.1, -0.05) is 0 Å². The van der Waals surface area contributed by atoms with Crippen LogP contribution in [0.3, 0.4) is 0 Å². The molecule has 0 saturated carbocycles. The van der Waals surface area contributed by atoms with Gasteiger partial charge in [-0.2, -0.15) is 0 Å². The second-order valence-electron chi connectivity index (χ2n) is 3.37. The summed E-state index contributed by atoms with van der Waals surface area (Å²) in [6, 6.07) is 9.30. The van der Waals surface area contributed by atoms with Crippen molar-refractivity contribution >= 4 is 21.6 Å². The average molecular weight is 279 g/mol. The van der Waals surface area contributed by atoms with E-state index in [4.69, 9.17) is 10.5 Å². The van der Waals surface area contributed by atoms with Crippen molar-refractivity contribution in [3.8, 4) is 5.75 Å². The quantitative estimate of drug-likeness (QED) is 0.878. The minimum Gasteiger partial charge on any atom is -0.489 e. The maximum Gasteiger partial charge on any atom is 0.119 e. The molecule has 0 saturated heterocycles. The van der Waals surface area contributed by atoms with E-state index in [0.29, 0.717) is 6.61 Å². The van der Waals surface area contributed by atoms with Gasteiger partial charge in [-0.25, -0.2) is 0 Å². The third-order valence-corrected chi connectivity index (χ3v) is 2.48. The number of hydrogen-bond acceptors (Lipinski definition) is 3. The first-order chi connectivity index (χ1) is 7.74. The molecule has 0 bridgehead atoms. The standard InChI is InChI=1S/C12H11BrN2O/c13-10-5-9(6-15-7-10)8-16-12-3-1-11(14)2-4-12/h1-7H,8,14H2. The van der Waals surface area contributed by atoms with E-state index >= 15 is 0 Å². The Balaban J connectivity index is 1.99. The van der Waals surface area contributed by atoms with Crippen LogP contribution in [0.1, 0.15) is 5.56 Å². The predicted molar refractivity (Wildman–Crippen MR) is 67.1 cm³/mol. The van der Waals surface area contributed by atoms with Gasteiger partial charge in [0.15, 0.2) is 0 Å². The van der Waals surface area contributed by atoms with E-state index in [9.17, 15) is 0 Å². The van der Waals surface area contributed by atoms with E-state index < -0.39 is 0 Å². The summed E-state index contributed by atoms with van der Waals surface area (Å²) >= 11 is 3.36. The SMILES string of the molecule is Nc1ccc(OCc2cncc(Br)c2)cc1. The molecule has 2 aromatic rings. The summed E-state index contributed by atoms with van der Waals surface area (Å²) in [7, 11) is 0. The number of benzene rings is 1. The van der Waals surface area contributed by atoms with Gasteiger partial charge in [-0.3, -0.25) is 4.98 Å². The molecule has 0 radical (unpaired) electrons. The van der Waals surface area contributed by atoms with Crippen molar-refractivity contribution in [1.82, 2.24) is 4.98 Å². The van der Waals surface area contributed by atoms with Gasteiger partial charge >= 0.3 is 0 Å². The highest BCUT2D eigenvalue weighted by atomic mass is 79.9. The van der Waals surface area contributed by atoms with E-state index in [2.05, 4.69) is 20.9 Å². The number of pyridine rings is 1. The molecule has 0 aliphatic carbocycles. The van der Waals surface area contributed by atoms with Gasteiger partial charge in [-0.15, -0.1) is 0 Å². The fourth-order valence-electron chi connectivity index (χ4n) is 1.27. The first-order valence-corrected chi connectivity index (χ1v) is 5.61. The van der Waals surface area contributed by atoms with Crippen molar-refractivity contribution in [2.75, 3.05) is 5.73 Å². The molecule has 4 heteroatoms. The first-order valence-electron chi connectivity index (χ1n) is 4.82. The summed E-state index contributed by atoms with van der Waals surface area (Å²) in [6.07, 6.45) is 3.52. The topological polar surface area (TPSA) is 48.1 Å². The van der Waals surface area contributed by atoms with Gasteiger partial charge in [0.1, 0.15) is 12.4 Å². The Morgan fingerprint density at radius 2 is 1.94 bits per heavy atom. The van der Waals surface area contributed by atoms with Crippen LogP contribution in [0.2, 0.25) is 0 Å². The lowest BCUT2D eigenvalue weighted by molar-refractivity contribution is 0.305. The zero-order valence-corrected chi connectivity index (χ0v) is 10.1. The Labute approximate surface area is 102 Å². The molecule has 0 atom stereocenters. The third-order valence-electron chi connectivity index (χ3n) is 2.05. The van der Waals surface area contributed by atoms with Crippen LogP contribution in [0, 0.1) is 0 Å². The van der Waals surface area contributed by atoms with E-state index in [-0.39, 0.29) is 0 Å². The van der Waals surface area contributed by atoms with Crippen LogP contribution in [-0.4, -0.2) is 4.98 Å². The van der Waals surface area contributed by atoms with Gasteiger partial charge < -0.3 is 10.5 Å². The fraction of sp³-hybridized carbons (Fsp3) is 0.0833. The lowest BCUT2D eigenvalue weighted by Crippen LogP contribution is -1.96. The van der Waals surface area contributed by atoms with E-state index in [1.54, 1.807) is 12.4 Å². The largest absolute Gasteiger partial charge is 0.489 e. The van der Waals surface area contributed by atoms with Gasteiger partial charge in [0, 0.05) is 28.1 Å². The molecule has 0 spiro atoms. The molecule has 3 nitrogen and oxygen atoms in total. The maximum atomic E-state index is 5.59. The van der Waals surface area contributed by atoms with Crippen LogP contribution in [0.4, 0.5) is 5.69 Å². The zero-order chi connectivity index (χ0) is 11.4. The van der Waals surface area contributed by atoms with Crippen molar-refractivity contribution in [2.24, 2.45) is 0 Å². The number of nitrogens with two attached hydrogens (primary N) is 1. The molecule has 1 aromatic heterocycles. The molecular weight excluding hydrogens is 268 g/mol. The van der Waals surface area contributed by atoms with Crippen LogP contribution >= 0.6 is 15.9 Å². The Kier molecular flexibility index (Phi) is 3.41. The molecule has 1 aromatic carbocycles. The summed E-state index contributed by atoms with van der Waals surface area (Å²) < 4.78 is 6.54. The summed E-state index contributed by atoms with van der Waals surface area (Å²) in [5.41, 5.74) is 7.33. The van der Waals surface area contributed by atoms with Crippen molar-refractivity contribution < 1.29 is 4.74 Å². The average Bonchev–Trinajstić information content (AvgIpc) is 2.28. The van der Waals surface area contributed by atoms with Gasteiger partial charge in [0.25, 0.3) is 0 Å². The Morgan fingerprint density at radius 1 is 1.19 bits per heavy atom. The minimum atomic E-state index is 0.496. The highest BCUT2D eigenvalue weighted by molar-refractivity contribution is 9.10. The summed E-state index contributed by atoms with van der Waals surface area (Å²) in [4.78, 5) is 4.06. The maximum absolute atomic E-state index is 5.59. The van der Waals surface area contributed by atoms with Crippen molar-refractivity contribution in [2.45, 2.75) is 6.61 Å². The van der Waals surface area contributed by atoms with Crippen molar-refractivity contribution in [3.05, 3.63) is 52.8 Å². The number of aromatic nitrogens is 1. The van der Waals surface area contributed by atoms with Crippen LogP contribution in [0.15, 0.2) is 47.2 Å². The Bertz CT molecular complexity index is 471. The number of nitrogens with zero attached hydrogens (tertiary/aromatic N) is 1. The number of ether oxygens (including phenoxy) is 1. The predicted octanol–water partition coefficient (Wildman–Crippen LogP) is 3.01. The number of rotatable bonds is 3. The number of halogens is 1. The lowest BCUT2D eigenvalue weighted by Gasteiger charge is -2.06. The van der Waals surface area contributed by atoms with Gasteiger partial charge in [0.05, 0.1) is 0 Å². The summed E-state index contributed by atoms with van der Waals surface area (Å²) in [5, 5.41) is 0. The van der Waals surface area contributed by atoms with Crippen LogP contribution in [0.5, 0.6) is 5.75 Å². The fourth-order valence-corrected chi connectivity index (χ4v) is 1.68. The van der Waals surface area contributed by atoms with Gasteiger partial charge in [-0.05, 0) is 46.3 Å². The smallest absolute Gasteiger partial charge is 0.119 e. The molecule has 2 rings (SSSR count). The van der Waals surface area contributed by atoms with Crippen LogP contribution < -0.4 is 10.5 Å². The molecule has 16 heavy (non-hydrogen) atoms.